The van der Waals surface area contributed by atoms with Crippen LogP contribution in [-0.4, -0.2) is 37.7 Å². The SMILES string of the molecule is O=C(NCc1ccc(Oc2ccccc2)cc1)N1CCC(S(=O)(=O)c2ccccc2)CC1. The number of nitrogens with one attached hydrogen (secondary N) is 1. The van der Waals surface area contributed by atoms with Crippen LogP contribution in [-0.2, 0) is 16.4 Å². The van der Waals surface area contributed by atoms with Crippen molar-refractivity contribution in [2.75, 3.05) is 13.1 Å². The summed E-state index contributed by atoms with van der Waals surface area (Å²) in [5.41, 5.74) is 0.959. The molecular formula is C25H26N2O4S. The first-order valence-electron chi connectivity index (χ1n) is 10.7. The van der Waals surface area contributed by atoms with Gasteiger partial charge in [0, 0.05) is 19.6 Å². The zero-order valence-electron chi connectivity index (χ0n) is 17.7. The van der Waals surface area contributed by atoms with Crippen LogP contribution in [0.4, 0.5) is 4.79 Å². The molecule has 4 rings (SSSR count). The van der Waals surface area contributed by atoms with Gasteiger partial charge in [0.15, 0.2) is 9.84 Å². The van der Waals surface area contributed by atoms with E-state index < -0.39 is 15.1 Å². The number of carbonyl (C=O) groups is 1. The maximum atomic E-state index is 12.8. The van der Waals surface area contributed by atoms with Crippen LogP contribution in [0.15, 0.2) is 89.8 Å². The Hall–Kier alpha value is -3.32. The molecule has 0 saturated carbocycles. The fraction of sp³-hybridized carbons (Fsp3) is 0.240. The van der Waals surface area contributed by atoms with Gasteiger partial charge < -0.3 is 15.0 Å². The van der Waals surface area contributed by atoms with Gasteiger partial charge in [-0.1, -0.05) is 48.5 Å². The van der Waals surface area contributed by atoms with Crippen LogP contribution in [0.3, 0.4) is 0 Å². The Morgan fingerprint density at radius 3 is 2.03 bits per heavy atom. The minimum Gasteiger partial charge on any atom is -0.457 e. The zero-order valence-corrected chi connectivity index (χ0v) is 18.5. The standard InChI is InChI=1S/C25H26N2O4S/c28-25(26-19-20-11-13-22(14-12-20)31-21-7-3-1-4-8-21)27-17-15-24(16-18-27)32(29,30)23-9-5-2-6-10-23/h1-14,24H,15-19H2,(H,26,28). The topological polar surface area (TPSA) is 75.7 Å². The number of amides is 2. The second-order valence-electron chi connectivity index (χ2n) is 7.76. The molecule has 32 heavy (non-hydrogen) atoms. The number of para-hydroxylation sites is 1. The molecule has 0 unspecified atom stereocenters. The average Bonchev–Trinajstić information content (AvgIpc) is 2.85. The Balaban J connectivity index is 1.25. The molecule has 1 heterocycles. The highest BCUT2D eigenvalue weighted by atomic mass is 32.2. The van der Waals surface area contributed by atoms with Gasteiger partial charge in [-0.25, -0.2) is 13.2 Å². The van der Waals surface area contributed by atoms with Crippen molar-refractivity contribution in [3.63, 3.8) is 0 Å². The molecule has 1 aliphatic rings. The minimum atomic E-state index is -3.36. The van der Waals surface area contributed by atoms with E-state index >= 15 is 0 Å². The van der Waals surface area contributed by atoms with Crippen molar-refractivity contribution in [3.8, 4) is 11.5 Å². The number of hydrogen-bond donors (Lipinski definition) is 1. The molecule has 1 aliphatic heterocycles. The lowest BCUT2D eigenvalue weighted by Crippen LogP contribution is -2.46. The number of sulfone groups is 1. The maximum Gasteiger partial charge on any atom is 0.317 e. The Morgan fingerprint density at radius 2 is 1.41 bits per heavy atom. The highest BCUT2D eigenvalue weighted by Gasteiger charge is 2.32. The molecule has 166 valence electrons. The molecule has 1 saturated heterocycles. The lowest BCUT2D eigenvalue weighted by atomic mass is 10.1. The van der Waals surface area contributed by atoms with Gasteiger partial charge in [0.05, 0.1) is 10.1 Å². The molecule has 3 aromatic rings. The van der Waals surface area contributed by atoms with E-state index in [2.05, 4.69) is 5.32 Å². The quantitative estimate of drug-likeness (QED) is 0.594. The van der Waals surface area contributed by atoms with E-state index in [1.165, 1.54) is 0 Å². The van der Waals surface area contributed by atoms with Gasteiger partial charge in [-0.3, -0.25) is 0 Å². The van der Waals surface area contributed by atoms with Crippen LogP contribution in [0, 0.1) is 0 Å². The summed E-state index contributed by atoms with van der Waals surface area (Å²) in [6.45, 7) is 1.24. The minimum absolute atomic E-state index is 0.176. The Labute approximate surface area is 188 Å². The lowest BCUT2D eigenvalue weighted by molar-refractivity contribution is 0.186. The molecule has 1 fully saturated rings. The summed E-state index contributed by atoms with van der Waals surface area (Å²) in [4.78, 5) is 14.6. The van der Waals surface area contributed by atoms with E-state index in [9.17, 15) is 13.2 Å². The summed E-state index contributed by atoms with van der Waals surface area (Å²) in [5, 5.41) is 2.47. The maximum absolute atomic E-state index is 12.8. The van der Waals surface area contributed by atoms with Crippen molar-refractivity contribution in [1.29, 1.82) is 0 Å². The molecule has 0 atom stereocenters. The van der Waals surface area contributed by atoms with Gasteiger partial charge in [-0.15, -0.1) is 0 Å². The lowest BCUT2D eigenvalue weighted by Gasteiger charge is -2.31. The van der Waals surface area contributed by atoms with Crippen LogP contribution >= 0.6 is 0 Å². The number of carbonyl (C=O) groups excluding carboxylic acids is 1. The van der Waals surface area contributed by atoms with E-state index in [0.717, 1.165) is 17.1 Å². The predicted molar refractivity (Wildman–Crippen MR) is 123 cm³/mol. The summed E-state index contributed by atoms with van der Waals surface area (Å²) in [7, 11) is -3.36. The summed E-state index contributed by atoms with van der Waals surface area (Å²) < 4.78 is 31.4. The van der Waals surface area contributed by atoms with Crippen molar-refractivity contribution < 1.29 is 17.9 Å². The molecule has 7 heteroatoms. The number of ether oxygens (including phenoxy) is 1. The molecule has 0 aromatic heterocycles. The molecule has 0 radical (unpaired) electrons. The summed E-state index contributed by atoms with van der Waals surface area (Å²) in [6, 6.07) is 25.5. The number of rotatable bonds is 6. The fourth-order valence-electron chi connectivity index (χ4n) is 3.76. The monoisotopic (exact) mass is 450 g/mol. The van der Waals surface area contributed by atoms with E-state index in [1.807, 2.05) is 54.6 Å². The first kappa shape index (κ1) is 21.9. The highest BCUT2D eigenvalue weighted by molar-refractivity contribution is 7.92. The van der Waals surface area contributed by atoms with Crippen LogP contribution < -0.4 is 10.1 Å². The number of nitrogens with zero attached hydrogens (tertiary/aromatic N) is 1. The third-order valence-electron chi connectivity index (χ3n) is 5.59. The predicted octanol–water partition coefficient (Wildman–Crippen LogP) is 4.63. The van der Waals surface area contributed by atoms with E-state index in [0.29, 0.717) is 37.4 Å². The van der Waals surface area contributed by atoms with Crippen molar-refractivity contribution in [2.24, 2.45) is 0 Å². The second kappa shape index (κ2) is 9.87. The van der Waals surface area contributed by atoms with Crippen molar-refractivity contribution >= 4 is 15.9 Å². The normalized spacial score (nSPS) is 14.7. The Morgan fingerprint density at radius 1 is 0.844 bits per heavy atom. The summed E-state index contributed by atoms with van der Waals surface area (Å²) in [6.07, 6.45) is 0.881. The first-order chi connectivity index (χ1) is 15.5. The van der Waals surface area contributed by atoms with Crippen molar-refractivity contribution in [3.05, 3.63) is 90.5 Å². The number of piperidine rings is 1. The number of benzene rings is 3. The van der Waals surface area contributed by atoms with Crippen LogP contribution in [0.1, 0.15) is 18.4 Å². The van der Waals surface area contributed by atoms with Crippen molar-refractivity contribution in [1.82, 2.24) is 10.2 Å². The van der Waals surface area contributed by atoms with Crippen LogP contribution in [0.5, 0.6) is 11.5 Å². The average molecular weight is 451 g/mol. The second-order valence-corrected chi connectivity index (χ2v) is 9.99. The van der Waals surface area contributed by atoms with Crippen LogP contribution in [0.25, 0.3) is 0 Å². The fourth-order valence-corrected chi connectivity index (χ4v) is 5.51. The number of likely N-dealkylation sites (tertiary alicyclic amines) is 1. The van der Waals surface area contributed by atoms with Gasteiger partial charge in [0.2, 0.25) is 0 Å². The molecule has 0 bridgehead atoms. The first-order valence-corrected chi connectivity index (χ1v) is 12.2. The molecule has 2 amide bonds. The third kappa shape index (κ3) is 5.29. The van der Waals surface area contributed by atoms with Crippen LogP contribution in [0.2, 0.25) is 0 Å². The molecule has 3 aromatic carbocycles. The third-order valence-corrected chi connectivity index (χ3v) is 7.86. The van der Waals surface area contributed by atoms with E-state index in [1.54, 1.807) is 35.2 Å². The molecular weight excluding hydrogens is 424 g/mol. The molecule has 0 spiro atoms. The number of hydrogen-bond acceptors (Lipinski definition) is 4. The zero-order chi connectivity index (χ0) is 22.4. The summed E-state index contributed by atoms with van der Waals surface area (Å²) in [5.74, 6) is 1.50. The molecule has 1 N–H and O–H groups in total. The van der Waals surface area contributed by atoms with Gasteiger partial charge in [-0.05, 0) is 54.8 Å². The Kier molecular flexibility index (Phi) is 6.75. The van der Waals surface area contributed by atoms with E-state index in [-0.39, 0.29) is 6.03 Å². The Bertz CT molecular complexity index is 1130. The van der Waals surface area contributed by atoms with Gasteiger partial charge in [0.25, 0.3) is 0 Å². The largest absolute Gasteiger partial charge is 0.457 e. The van der Waals surface area contributed by atoms with Gasteiger partial charge in [0.1, 0.15) is 11.5 Å². The van der Waals surface area contributed by atoms with E-state index in [4.69, 9.17) is 4.74 Å². The molecule has 0 aliphatic carbocycles. The van der Waals surface area contributed by atoms with Gasteiger partial charge >= 0.3 is 6.03 Å². The highest BCUT2D eigenvalue weighted by Crippen LogP contribution is 2.25. The molecule has 6 nitrogen and oxygen atoms in total. The number of urea groups is 1. The van der Waals surface area contributed by atoms with Gasteiger partial charge in [-0.2, -0.15) is 0 Å². The summed E-state index contributed by atoms with van der Waals surface area (Å²) >= 11 is 0. The van der Waals surface area contributed by atoms with Crippen molar-refractivity contribution in [2.45, 2.75) is 29.5 Å². The smallest absolute Gasteiger partial charge is 0.317 e.